The Balaban J connectivity index is 2.36. The predicted octanol–water partition coefficient (Wildman–Crippen LogP) is 2.99. The Morgan fingerprint density at radius 1 is 1.47 bits per heavy atom. The van der Waals surface area contributed by atoms with Crippen LogP contribution in [0.2, 0.25) is 0 Å². The number of ether oxygens (including phenoxy) is 2. The van der Waals surface area contributed by atoms with Crippen molar-refractivity contribution in [3.05, 3.63) is 0 Å². The first-order valence-corrected chi connectivity index (χ1v) is 9.03. The van der Waals surface area contributed by atoms with Gasteiger partial charge in [0, 0.05) is 13.5 Å². The highest BCUT2D eigenvalue weighted by Crippen LogP contribution is 2.43. The molecule has 1 aliphatic heterocycles. The van der Waals surface area contributed by atoms with Crippen molar-refractivity contribution in [3.63, 3.8) is 0 Å². The smallest absolute Gasteiger partial charge is 0.0857 e. The minimum absolute atomic E-state index is 0.223. The fourth-order valence-corrected chi connectivity index (χ4v) is 3.75. The van der Waals surface area contributed by atoms with E-state index in [9.17, 15) is 0 Å². The van der Waals surface area contributed by atoms with Crippen molar-refractivity contribution in [2.75, 3.05) is 26.5 Å². The van der Waals surface area contributed by atoms with Crippen molar-refractivity contribution in [1.29, 1.82) is 0 Å². The minimum Gasteiger partial charge on any atom is -0.379 e. The van der Waals surface area contributed by atoms with Gasteiger partial charge in [-0.1, -0.05) is 13.2 Å². The van der Waals surface area contributed by atoms with Gasteiger partial charge < -0.3 is 14.0 Å². The van der Waals surface area contributed by atoms with E-state index in [-0.39, 0.29) is 12.2 Å². The van der Waals surface area contributed by atoms with Crippen LogP contribution in [-0.2, 0) is 14.0 Å². The van der Waals surface area contributed by atoms with Crippen molar-refractivity contribution in [1.82, 2.24) is 0 Å². The highest BCUT2D eigenvalue weighted by atomic mass is 31.2. The summed E-state index contributed by atoms with van der Waals surface area (Å²) in [4.78, 5) is 0. The summed E-state index contributed by atoms with van der Waals surface area (Å²) in [6, 6.07) is 0. The van der Waals surface area contributed by atoms with Gasteiger partial charge in [0.15, 0.2) is 0 Å². The van der Waals surface area contributed by atoms with E-state index < -0.39 is 7.11 Å². The lowest BCUT2D eigenvalue weighted by atomic mass is 10.1. The number of hydrogen-bond acceptors (Lipinski definition) is 3. The lowest BCUT2D eigenvalue weighted by Crippen LogP contribution is -2.24. The van der Waals surface area contributed by atoms with Crippen LogP contribution in [0.1, 0.15) is 33.1 Å². The molecular formula is C13H27O3P. The molecule has 0 radical (unpaired) electrons. The summed E-state index contributed by atoms with van der Waals surface area (Å²) in [5.74, 6) is 0. The lowest BCUT2D eigenvalue weighted by molar-refractivity contribution is -0.00223. The Morgan fingerprint density at radius 3 is 2.76 bits per heavy atom. The molecule has 1 aliphatic rings. The van der Waals surface area contributed by atoms with Gasteiger partial charge in [0.1, 0.15) is 0 Å². The molecular weight excluding hydrogens is 235 g/mol. The van der Waals surface area contributed by atoms with Gasteiger partial charge in [-0.25, -0.2) is 0 Å². The van der Waals surface area contributed by atoms with Crippen LogP contribution < -0.4 is 0 Å². The van der Waals surface area contributed by atoms with Crippen LogP contribution >= 0.6 is 7.11 Å². The SMILES string of the molecule is C=P(C)(CCC1OC(C)CC1OC)OCCC. The summed E-state index contributed by atoms with van der Waals surface area (Å²) >= 11 is 0. The zero-order valence-corrected chi connectivity index (χ0v) is 12.5. The van der Waals surface area contributed by atoms with Crippen molar-refractivity contribution >= 4 is 13.4 Å². The first-order valence-electron chi connectivity index (χ1n) is 6.51. The van der Waals surface area contributed by atoms with Crippen LogP contribution in [0.15, 0.2) is 0 Å². The Labute approximate surface area is 106 Å². The van der Waals surface area contributed by atoms with Crippen LogP contribution in [0.3, 0.4) is 0 Å². The molecule has 1 saturated heterocycles. The van der Waals surface area contributed by atoms with Gasteiger partial charge in [0.05, 0.1) is 24.9 Å². The maximum atomic E-state index is 5.87. The molecule has 0 aliphatic carbocycles. The molecule has 4 unspecified atom stereocenters. The van der Waals surface area contributed by atoms with Gasteiger partial charge in [-0.3, -0.25) is 0 Å². The first-order chi connectivity index (χ1) is 7.98. The van der Waals surface area contributed by atoms with Crippen LogP contribution in [0.25, 0.3) is 0 Å². The van der Waals surface area contributed by atoms with E-state index in [2.05, 4.69) is 26.8 Å². The van der Waals surface area contributed by atoms with E-state index in [1.54, 1.807) is 7.11 Å². The highest BCUT2D eigenvalue weighted by molar-refractivity contribution is 7.68. The standard InChI is InChI=1S/C13H27O3P/c1-6-8-15-17(4,5)9-7-12-13(14-3)10-11(2)16-12/h11-13H,4,6-10H2,1-3,5H3. The Hall–Kier alpha value is 0.180. The van der Waals surface area contributed by atoms with E-state index >= 15 is 0 Å². The molecule has 0 aromatic rings. The molecule has 1 fully saturated rings. The molecule has 0 saturated carbocycles. The van der Waals surface area contributed by atoms with Gasteiger partial charge in [0.2, 0.25) is 0 Å². The molecule has 0 amide bonds. The van der Waals surface area contributed by atoms with E-state index in [1.807, 2.05) is 0 Å². The molecule has 0 aromatic carbocycles. The number of hydrogen-bond donors (Lipinski definition) is 0. The fraction of sp³-hybridized carbons (Fsp3) is 0.923. The van der Waals surface area contributed by atoms with Crippen molar-refractivity contribution < 1.29 is 14.0 Å². The van der Waals surface area contributed by atoms with E-state index in [1.165, 1.54) is 0 Å². The molecule has 0 spiro atoms. The molecule has 17 heavy (non-hydrogen) atoms. The average molecular weight is 262 g/mol. The maximum Gasteiger partial charge on any atom is 0.0857 e. The largest absolute Gasteiger partial charge is 0.379 e. The zero-order valence-electron chi connectivity index (χ0n) is 11.6. The summed E-state index contributed by atoms with van der Waals surface area (Å²) < 4.78 is 17.2. The number of methoxy groups -OCH3 is 1. The van der Waals surface area contributed by atoms with Crippen LogP contribution in [-0.4, -0.2) is 51.2 Å². The summed E-state index contributed by atoms with van der Waals surface area (Å²) in [5.41, 5.74) is 0. The van der Waals surface area contributed by atoms with Crippen molar-refractivity contribution in [2.24, 2.45) is 0 Å². The molecule has 0 N–H and O–H groups in total. The second-order valence-electron chi connectivity index (χ2n) is 5.14. The molecule has 0 bridgehead atoms. The predicted molar refractivity (Wildman–Crippen MR) is 75.4 cm³/mol. The quantitative estimate of drug-likeness (QED) is 0.660. The molecule has 4 atom stereocenters. The third-order valence-corrected chi connectivity index (χ3v) is 5.19. The van der Waals surface area contributed by atoms with Crippen molar-refractivity contribution in [2.45, 2.75) is 51.4 Å². The fourth-order valence-electron chi connectivity index (χ4n) is 2.20. The molecule has 0 aromatic heterocycles. The van der Waals surface area contributed by atoms with E-state index in [4.69, 9.17) is 14.0 Å². The third kappa shape index (κ3) is 5.13. The lowest BCUT2D eigenvalue weighted by Gasteiger charge is -2.23. The highest BCUT2D eigenvalue weighted by Gasteiger charge is 2.33. The summed E-state index contributed by atoms with van der Waals surface area (Å²) in [5, 5.41) is 0. The third-order valence-electron chi connectivity index (χ3n) is 3.18. The molecule has 1 rings (SSSR count). The monoisotopic (exact) mass is 262 g/mol. The summed E-state index contributed by atoms with van der Waals surface area (Å²) in [6.07, 6.45) is 9.10. The summed E-state index contributed by atoms with van der Waals surface area (Å²) in [6.45, 7) is 7.22. The topological polar surface area (TPSA) is 27.7 Å². The van der Waals surface area contributed by atoms with Crippen LogP contribution in [0, 0.1) is 0 Å². The van der Waals surface area contributed by atoms with Gasteiger partial charge >= 0.3 is 0 Å². The van der Waals surface area contributed by atoms with Crippen LogP contribution in [0.5, 0.6) is 0 Å². The van der Waals surface area contributed by atoms with Gasteiger partial charge in [-0.15, -0.1) is 0 Å². The van der Waals surface area contributed by atoms with Gasteiger partial charge in [0.25, 0.3) is 0 Å². The van der Waals surface area contributed by atoms with E-state index in [0.29, 0.717) is 6.10 Å². The summed E-state index contributed by atoms with van der Waals surface area (Å²) in [7, 11) is 0.315. The Bertz CT molecular complexity index is 267. The number of rotatable bonds is 7. The van der Waals surface area contributed by atoms with Crippen LogP contribution in [0.4, 0.5) is 0 Å². The Morgan fingerprint density at radius 2 is 2.18 bits per heavy atom. The molecule has 4 heteroatoms. The van der Waals surface area contributed by atoms with E-state index in [0.717, 1.165) is 32.0 Å². The molecule has 3 nitrogen and oxygen atoms in total. The average Bonchev–Trinajstić information content (AvgIpc) is 2.65. The molecule has 102 valence electrons. The van der Waals surface area contributed by atoms with Crippen molar-refractivity contribution in [3.8, 4) is 0 Å². The Kier molecular flexibility index (Phi) is 6.22. The second kappa shape index (κ2) is 6.94. The molecule has 1 heterocycles. The minimum atomic E-state index is -1.45. The van der Waals surface area contributed by atoms with Gasteiger partial charge in [-0.05, 0) is 39.7 Å². The zero-order chi connectivity index (χ0) is 12.9. The first kappa shape index (κ1) is 15.2. The maximum absolute atomic E-state index is 5.87. The normalized spacial score (nSPS) is 32.6. The van der Waals surface area contributed by atoms with Gasteiger partial charge in [-0.2, -0.15) is 0 Å². The second-order valence-corrected chi connectivity index (χ2v) is 8.44.